The Morgan fingerprint density at radius 1 is 0.923 bits per heavy atom. The fourth-order valence-corrected chi connectivity index (χ4v) is 1.58. The van der Waals surface area contributed by atoms with Gasteiger partial charge in [0.1, 0.15) is 0 Å². The average molecular weight is 308 g/mol. The van der Waals surface area contributed by atoms with Crippen LogP contribution in [0.2, 0.25) is 0 Å². The number of alkyl halides is 4. The molecule has 0 saturated heterocycles. The number of hydrogen-bond donors (Lipinski definition) is 0. The summed E-state index contributed by atoms with van der Waals surface area (Å²) >= 11 is 1.90. The minimum atomic E-state index is -4.13. The van der Waals surface area contributed by atoms with E-state index >= 15 is 0 Å². The Hall–Kier alpha value is 0.520. The minimum Gasteiger partial charge on any atom is -0.170 e. The van der Waals surface area contributed by atoms with E-state index in [2.05, 4.69) is 0 Å². The summed E-state index contributed by atoms with van der Waals surface area (Å²) in [5.74, 6) is 0. The molecule has 1 unspecified atom stereocenters. The van der Waals surface area contributed by atoms with Crippen LogP contribution in [0.3, 0.4) is 0 Å². The first-order chi connectivity index (χ1) is 5.40. The molecule has 0 aromatic rings. The number of rotatable bonds is 1. The van der Waals surface area contributed by atoms with E-state index in [9.17, 15) is 13.2 Å². The van der Waals surface area contributed by atoms with E-state index in [1.165, 1.54) is 13.8 Å². The Kier molecular flexibility index (Phi) is 3.73. The predicted molar refractivity (Wildman–Crippen MR) is 57.1 cm³/mol. The molecule has 0 bridgehead atoms. The van der Waals surface area contributed by atoms with Gasteiger partial charge in [0.2, 0.25) is 0 Å². The van der Waals surface area contributed by atoms with Crippen LogP contribution < -0.4 is 0 Å². The molecule has 0 aliphatic rings. The summed E-state index contributed by atoms with van der Waals surface area (Å²) in [6, 6.07) is 0. The molecule has 0 radical (unpaired) electrons. The lowest BCUT2D eigenvalue weighted by Crippen LogP contribution is -2.45. The Morgan fingerprint density at radius 2 is 1.23 bits per heavy atom. The first-order valence-corrected chi connectivity index (χ1v) is 5.36. The van der Waals surface area contributed by atoms with E-state index in [1.54, 1.807) is 0 Å². The fraction of sp³-hybridized carbons (Fsp3) is 1.00. The smallest absolute Gasteiger partial charge is 0.170 e. The van der Waals surface area contributed by atoms with E-state index in [0.717, 1.165) is 0 Å². The van der Waals surface area contributed by atoms with Crippen molar-refractivity contribution in [3.8, 4) is 0 Å². The third-order valence-corrected chi connectivity index (χ3v) is 5.55. The second-order valence-electron chi connectivity index (χ2n) is 4.95. The molecule has 0 saturated carbocycles. The lowest BCUT2D eigenvalue weighted by atomic mass is 9.76. The zero-order valence-electron chi connectivity index (χ0n) is 8.59. The normalized spacial score (nSPS) is 17.3. The Bertz CT molecular complexity index is 176. The van der Waals surface area contributed by atoms with Gasteiger partial charge < -0.3 is 0 Å². The summed E-state index contributed by atoms with van der Waals surface area (Å²) in [6.45, 7) is 8.01. The van der Waals surface area contributed by atoms with Gasteiger partial charge >= 0.3 is 6.18 Å². The molecule has 0 heterocycles. The van der Waals surface area contributed by atoms with Crippen LogP contribution in [0.15, 0.2) is 0 Å². The van der Waals surface area contributed by atoms with E-state index in [0.29, 0.717) is 0 Å². The van der Waals surface area contributed by atoms with Crippen molar-refractivity contribution in [2.24, 2.45) is 10.8 Å². The molecule has 0 aromatic carbocycles. The molecule has 80 valence electrons. The standard InChI is InChI=1S/C9H16F3I/c1-7(2,3)6(13)8(4,5)9(10,11)12/h6H,1-5H3. The van der Waals surface area contributed by atoms with Crippen LogP contribution in [0.25, 0.3) is 0 Å². The molecular formula is C9H16F3I. The van der Waals surface area contributed by atoms with Crippen LogP contribution in [0, 0.1) is 10.8 Å². The van der Waals surface area contributed by atoms with Crippen molar-refractivity contribution in [2.45, 2.75) is 44.7 Å². The van der Waals surface area contributed by atoms with Gasteiger partial charge in [-0.1, -0.05) is 57.2 Å². The van der Waals surface area contributed by atoms with Crippen molar-refractivity contribution in [3.05, 3.63) is 0 Å². The summed E-state index contributed by atoms with van der Waals surface area (Å²) < 4.78 is 37.4. The largest absolute Gasteiger partial charge is 0.394 e. The highest BCUT2D eigenvalue weighted by Crippen LogP contribution is 2.49. The van der Waals surface area contributed by atoms with Gasteiger partial charge in [0, 0.05) is 3.92 Å². The molecule has 0 N–H and O–H groups in total. The van der Waals surface area contributed by atoms with E-state index in [4.69, 9.17) is 0 Å². The van der Waals surface area contributed by atoms with Crippen molar-refractivity contribution in [3.63, 3.8) is 0 Å². The van der Waals surface area contributed by atoms with Crippen molar-refractivity contribution < 1.29 is 13.2 Å². The highest BCUT2D eigenvalue weighted by molar-refractivity contribution is 14.1. The lowest BCUT2D eigenvalue weighted by Gasteiger charge is -2.40. The van der Waals surface area contributed by atoms with Crippen molar-refractivity contribution >= 4 is 22.6 Å². The molecule has 0 rings (SSSR count). The number of hydrogen-bond acceptors (Lipinski definition) is 0. The van der Waals surface area contributed by atoms with Crippen LogP contribution in [0.4, 0.5) is 13.2 Å². The fourth-order valence-electron chi connectivity index (χ4n) is 1.23. The summed E-state index contributed by atoms with van der Waals surface area (Å²) in [6.07, 6.45) is -4.13. The predicted octanol–water partition coefficient (Wildman–Crippen LogP) is 4.42. The number of halogens is 4. The van der Waals surface area contributed by atoms with Gasteiger partial charge in [-0.25, -0.2) is 0 Å². The molecule has 0 aliphatic carbocycles. The monoisotopic (exact) mass is 308 g/mol. The summed E-state index contributed by atoms with van der Waals surface area (Å²) in [5, 5.41) is 0. The van der Waals surface area contributed by atoms with E-state index in [1.807, 2.05) is 43.4 Å². The van der Waals surface area contributed by atoms with Gasteiger partial charge in [0.25, 0.3) is 0 Å². The summed E-state index contributed by atoms with van der Waals surface area (Å²) in [7, 11) is 0. The van der Waals surface area contributed by atoms with Crippen LogP contribution in [0.1, 0.15) is 34.6 Å². The lowest BCUT2D eigenvalue weighted by molar-refractivity contribution is -0.215. The minimum absolute atomic E-state index is 0.334. The van der Waals surface area contributed by atoms with Gasteiger partial charge in [0.05, 0.1) is 5.41 Å². The third-order valence-electron chi connectivity index (χ3n) is 2.12. The van der Waals surface area contributed by atoms with Crippen LogP contribution in [-0.4, -0.2) is 10.1 Å². The molecular weight excluding hydrogens is 292 g/mol. The summed E-state index contributed by atoms with van der Waals surface area (Å²) in [4.78, 5) is 0. The zero-order chi connectivity index (χ0) is 11.1. The van der Waals surface area contributed by atoms with E-state index < -0.39 is 15.5 Å². The topological polar surface area (TPSA) is 0 Å². The molecule has 0 aliphatic heterocycles. The second kappa shape index (κ2) is 3.59. The average Bonchev–Trinajstić information content (AvgIpc) is 1.81. The quantitative estimate of drug-likeness (QED) is 0.497. The molecule has 0 aromatic heterocycles. The summed E-state index contributed by atoms with van der Waals surface area (Å²) in [5.41, 5.74) is -1.97. The van der Waals surface area contributed by atoms with Crippen LogP contribution >= 0.6 is 22.6 Å². The highest BCUT2D eigenvalue weighted by Gasteiger charge is 2.54. The van der Waals surface area contributed by atoms with Crippen LogP contribution in [-0.2, 0) is 0 Å². The van der Waals surface area contributed by atoms with Gasteiger partial charge in [-0.15, -0.1) is 0 Å². The Balaban J connectivity index is 4.86. The van der Waals surface area contributed by atoms with E-state index in [-0.39, 0.29) is 5.41 Å². The zero-order valence-corrected chi connectivity index (χ0v) is 10.7. The third kappa shape index (κ3) is 2.99. The van der Waals surface area contributed by atoms with Gasteiger partial charge in [-0.3, -0.25) is 0 Å². The first kappa shape index (κ1) is 13.5. The van der Waals surface area contributed by atoms with Crippen molar-refractivity contribution in [2.75, 3.05) is 0 Å². The van der Waals surface area contributed by atoms with Crippen molar-refractivity contribution in [1.82, 2.24) is 0 Å². The molecule has 0 spiro atoms. The Morgan fingerprint density at radius 3 is 1.31 bits per heavy atom. The SMILES string of the molecule is CC(C)(C)C(I)C(C)(C)C(F)(F)F. The maximum Gasteiger partial charge on any atom is 0.394 e. The first-order valence-electron chi connectivity index (χ1n) is 4.11. The molecule has 1 atom stereocenters. The molecule has 0 fully saturated rings. The molecule has 13 heavy (non-hydrogen) atoms. The van der Waals surface area contributed by atoms with Gasteiger partial charge in [-0.05, 0) is 5.41 Å². The maximum absolute atomic E-state index is 12.6. The molecule has 4 heteroatoms. The van der Waals surface area contributed by atoms with Gasteiger partial charge in [-0.2, -0.15) is 13.2 Å². The Labute approximate surface area is 91.4 Å². The van der Waals surface area contributed by atoms with Crippen LogP contribution in [0.5, 0.6) is 0 Å². The highest BCUT2D eigenvalue weighted by atomic mass is 127. The molecule has 0 nitrogen and oxygen atoms in total. The van der Waals surface area contributed by atoms with Gasteiger partial charge in [0.15, 0.2) is 0 Å². The van der Waals surface area contributed by atoms with Crippen molar-refractivity contribution in [1.29, 1.82) is 0 Å². The maximum atomic E-state index is 12.6. The molecule has 0 amide bonds. The second-order valence-corrected chi connectivity index (χ2v) is 6.19.